The van der Waals surface area contributed by atoms with E-state index in [1.807, 2.05) is 68.6 Å². The predicted octanol–water partition coefficient (Wildman–Crippen LogP) is 3.42. The number of amides is 1. The van der Waals surface area contributed by atoms with Crippen LogP contribution in [0.5, 0.6) is 0 Å². The lowest BCUT2D eigenvalue weighted by molar-refractivity contribution is 0.0951. The lowest BCUT2D eigenvalue weighted by Gasteiger charge is -2.06. The Kier molecular flexibility index (Phi) is 4.24. The van der Waals surface area contributed by atoms with Crippen molar-refractivity contribution in [2.45, 2.75) is 20.4 Å². The highest BCUT2D eigenvalue weighted by Crippen LogP contribution is 2.11. The molecule has 4 heteroatoms. The molecule has 3 rings (SSSR count). The number of carbonyl (C=O) groups is 1. The van der Waals surface area contributed by atoms with Gasteiger partial charge < -0.3 is 5.32 Å². The molecule has 0 radical (unpaired) electrons. The number of hydrogen-bond acceptors (Lipinski definition) is 2. The number of aryl methyl sites for hydroxylation is 2. The van der Waals surface area contributed by atoms with Crippen LogP contribution in [0.2, 0.25) is 0 Å². The Morgan fingerprint density at radius 3 is 2.61 bits per heavy atom. The van der Waals surface area contributed by atoms with Gasteiger partial charge in [-0.15, -0.1) is 0 Å². The highest BCUT2D eigenvalue weighted by Gasteiger charge is 2.07. The summed E-state index contributed by atoms with van der Waals surface area (Å²) in [6.07, 6.45) is 3.70. The fourth-order valence-electron chi connectivity index (χ4n) is 2.34. The van der Waals surface area contributed by atoms with Gasteiger partial charge in [-0.1, -0.05) is 24.3 Å². The van der Waals surface area contributed by atoms with E-state index in [4.69, 9.17) is 0 Å². The summed E-state index contributed by atoms with van der Waals surface area (Å²) >= 11 is 0. The monoisotopic (exact) mass is 305 g/mol. The number of nitrogens with zero attached hydrogens (tertiary/aromatic N) is 2. The van der Waals surface area contributed by atoms with Gasteiger partial charge in [0.1, 0.15) is 0 Å². The molecule has 0 spiro atoms. The largest absolute Gasteiger partial charge is 0.348 e. The molecule has 1 amide bonds. The van der Waals surface area contributed by atoms with Gasteiger partial charge in [-0.3, -0.25) is 4.79 Å². The lowest BCUT2D eigenvalue weighted by atomic mass is 10.1. The zero-order valence-corrected chi connectivity index (χ0v) is 13.3. The van der Waals surface area contributed by atoms with Crippen LogP contribution < -0.4 is 5.32 Å². The van der Waals surface area contributed by atoms with E-state index in [0.717, 1.165) is 16.8 Å². The van der Waals surface area contributed by atoms with E-state index in [9.17, 15) is 4.79 Å². The van der Waals surface area contributed by atoms with Crippen LogP contribution >= 0.6 is 0 Å². The van der Waals surface area contributed by atoms with E-state index >= 15 is 0 Å². The third-order valence-electron chi connectivity index (χ3n) is 3.88. The van der Waals surface area contributed by atoms with Gasteiger partial charge in [-0.05, 0) is 49.2 Å². The molecule has 0 aliphatic carbocycles. The average Bonchev–Trinajstić information content (AvgIpc) is 3.05. The molecule has 1 aromatic heterocycles. The van der Waals surface area contributed by atoms with Gasteiger partial charge in [0.05, 0.1) is 11.9 Å². The Labute approximate surface area is 135 Å². The Morgan fingerprint density at radius 1 is 1.09 bits per heavy atom. The number of hydrogen-bond donors (Lipinski definition) is 1. The van der Waals surface area contributed by atoms with Crippen molar-refractivity contribution >= 4 is 5.91 Å². The second-order valence-electron chi connectivity index (χ2n) is 5.61. The number of rotatable bonds is 4. The molecule has 1 heterocycles. The zero-order valence-electron chi connectivity index (χ0n) is 13.3. The number of aromatic nitrogens is 2. The van der Waals surface area contributed by atoms with Crippen LogP contribution in [0.4, 0.5) is 0 Å². The minimum atomic E-state index is -0.0689. The van der Waals surface area contributed by atoms with E-state index in [-0.39, 0.29) is 5.91 Å². The third kappa shape index (κ3) is 3.48. The van der Waals surface area contributed by atoms with Crippen molar-refractivity contribution in [2.75, 3.05) is 0 Å². The fraction of sp³-hybridized carbons (Fsp3) is 0.158. The molecule has 116 valence electrons. The molecule has 0 saturated carbocycles. The summed E-state index contributed by atoms with van der Waals surface area (Å²) < 4.78 is 1.80. The standard InChI is InChI=1S/C19H19N3O/c1-14-8-9-17(10-15(14)2)19(23)20-11-16-12-21-22(13-16)18-6-4-3-5-7-18/h3-10,12-13H,11H2,1-2H3,(H,20,23). The molecule has 0 aliphatic heterocycles. The second-order valence-corrected chi connectivity index (χ2v) is 5.61. The van der Waals surface area contributed by atoms with Gasteiger partial charge in [0.25, 0.3) is 5.91 Å². The highest BCUT2D eigenvalue weighted by molar-refractivity contribution is 5.94. The summed E-state index contributed by atoms with van der Waals surface area (Å²) in [4.78, 5) is 12.2. The maximum Gasteiger partial charge on any atom is 0.251 e. The number of nitrogens with one attached hydrogen (secondary N) is 1. The minimum Gasteiger partial charge on any atom is -0.348 e. The summed E-state index contributed by atoms with van der Waals surface area (Å²) in [5.41, 5.74) is 4.95. The van der Waals surface area contributed by atoms with E-state index in [1.54, 1.807) is 10.9 Å². The van der Waals surface area contributed by atoms with Gasteiger partial charge >= 0.3 is 0 Å². The van der Waals surface area contributed by atoms with Crippen molar-refractivity contribution in [3.8, 4) is 5.69 Å². The molecule has 1 N–H and O–H groups in total. The van der Waals surface area contributed by atoms with Gasteiger partial charge in [-0.2, -0.15) is 5.10 Å². The Balaban J connectivity index is 1.65. The van der Waals surface area contributed by atoms with Crippen LogP contribution in [0.3, 0.4) is 0 Å². The third-order valence-corrected chi connectivity index (χ3v) is 3.88. The van der Waals surface area contributed by atoms with Crippen LogP contribution in [0.1, 0.15) is 27.0 Å². The fourth-order valence-corrected chi connectivity index (χ4v) is 2.34. The minimum absolute atomic E-state index is 0.0689. The topological polar surface area (TPSA) is 46.9 Å². The summed E-state index contributed by atoms with van der Waals surface area (Å²) in [7, 11) is 0. The molecule has 2 aromatic carbocycles. The Hall–Kier alpha value is -2.88. The maximum atomic E-state index is 12.2. The van der Waals surface area contributed by atoms with Crippen LogP contribution in [0, 0.1) is 13.8 Å². The van der Waals surface area contributed by atoms with Gasteiger partial charge in [0.2, 0.25) is 0 Å². The van der Waals surface area contributed by atoms with Crippen molar-refractivity contribution in [1.82, 2.24) is 15.1 Å². The first-order valence-electron chi connectivity index (χ1n) is 7.58. The average molecular weight is 305 g/mol. The number of para-hydroxylation sites is 1. The normalized spacial score (nSPS) is 10.5. The highest BCUT2D eigenvalue weighted by atomic mass is 16.1. The summed E-state index contributed by atoms with van der Waals surface area (Å²) in [5, 5.41) is 7.26. The molecular weight excluding hydrogens is 286 g/mol. The second kappa shape index (κ2) is 6.48. The van der Waals surface area contributed by atoms with Gasteiger partial charge in [-0.25, -0.2) is 4.68 Å². The number of benzene rings is 2. The van der Waals surface area contributed by atoms with E-state index in [0.29, 0.717) is 12.1 Å². The molecule has 23 heavy (non-hydrogen) atoms. The molecular formula is C19H19N3O. The molecule has 0 aliphatic rings. The first-order valence-corrected chi connectivity index (χ1v) is 7.58. The van der Waals surface area contributed by atoms with Gasteiger partial charge in [0, 0.05) is 23.9 Å². The van der Waals surface area contributed by atoms with E-state index in [1.165, 1.54) is 5.56 Å². The maximum absolute atomic E-state index is 12.2. The van der Waals surface area contributed by atoms with Crippen LogP contribution in [0.15, 0.2) is 60.9 Å². The Morgan fingerprint density at radius 2 is 1.87 bits per heavy atom. The van der Waals surface area contributed by atoms with E-state index < -0.39 is 0 Å². The summed E-state index contributed by atoms with van der Waals surface area (Å²) in [5.74, 6) is -0.0689. The lowest BCUT2D eigenvalue weighted by Crippen LogP contribution is -2.22. The number of carbonyl (C=O) groups excluding carboxylic acids is 1. The molecule has 3 aromatic rings. The molecule has 0 fully saturated rings. The van der Waals surface area contributed by atoms with Crippen LogP contribution in [0.25, 0.3) is 5.69 Å². The van der Waals surface area contributed by atoms with Crippen LogP contribution in [-0.4, -0.2) is 15.7 Å². The first-order chi connectivity index (χ1) is 11.1. The smallest absolute Gasteiger partial charge is 0.251 e. The van der Waals surface area contributed by atoms with Crippen molar-refractivity contribution in [2.24, 2.45) is 0 Å². The van der Waals surface area contributed by atoms with Crippen LogP contribution in [-0.2, 0) is 6.54 Å². The SMILES string of the molecule is Cc1ccc(C(=O)NCc2cnn(-c3ccccc3)c2)cc1C. The quantitative estimate of drug-likeness (QED) is 0.803. The molecule has 4 nitrogen and oxygen atoms in total. The van der Waals surface area contributed by atoms with Crippen molar-refractivity contribution < 1.29 is 4.79 Å². The predicted molar refractivity (Wildman–Crippen MR) is 90.7 cm³/mol. The van der Waals surface area contributed by atoms with Crippen molar-refractivity contribution in [1.29, 1.82) is 0 Å². The Bertz CT molecular complexity index is 822. The molecule has 0 bridgehead atoms. The summed E-state index contributed by atoms with van der Waals surface area (Å²) in [6.45, 7) is 4.50. The van der Waals surface area contributed by atoms with E-state index in [2.05, 4.69) is 10.4 Å². The van der Waals surface area contributed by atoms with Crippen molar-refractivity contribution in [3.05, 3.63) is 83.2 Å². The summed E-state index contributed by atoms with van der Waals surface area (Å²) in [6, 6.07) is 15.6. The zero-order chi connectivity index (χ0) is 16.2. The van der Waals surface area contributed by atoms with Crippen molar-refractivity contribution in [3.63, 3.8) is 0 Å². The molecule has 0 unspecified atom stereocenters. The van der Waals surface area contributed by atoms with Gasteiger partial charge in [0.15, 0.2) is 0 Å². The first kappa shape index (κ1) is 15.0. The molecule has 0 atom stereocenters. The molecule has 0 saturated heterocycles.